The van der Waals surface area contributed by atoms with Gasteiger partial charge in [0.2, 0.25) is 0 Å². The van der Waals surface area contributed by atoms with Gasteiger partial charge in [0.05, 0.1) is 11.7 Å². The third-order valence-corrected chi connectivity index (χ3v) is 6.08. The van der Waals surface area contributed by atoms with E-state index in [0.29, 0.717) is 24.7 Å². The summed E-state index contributed by atoms with van der Waals surface area (Å²) in [5, 5.41) is 0. The Labute approximate surface area is 161 Å². The second-order valence-corrected chi connectivity index (χ2v) is 8.82. The fourth-order valence-electron chi connectivity index (χ4n) is 4.36. The van der Waals surface area contributed by atoms with Crippen LogP contribution in [0.4, 0.5) is 0 Å². The van der Waals surface area contributed by atoms with Gasteiger partial charge in [0.1, 0.15) is 17.1 Å². The fraction of sp³-hybridized carbons (Fsp3) is 0.682. The number of carbonyl (C=O) groups excluding carboxylic acids is 1. The molecule has 3 heterocycles. The van der Waals surface area contributed by atoms with Crippen molar-refractivity contribution >= 4 is 16.9 Å². The number of pyridine rings is 1. The minimum Gasteiger partial charge on any atom is -0.372 e. The number of aryl methyl sites for hydroxylation is 1. The summed E-state index contributed by atoms with van der Waals surface area (Å²) in [4.78, 5) is 21.7. The van der Waals surface area contributed by atoms with E-state index in [1.54, 1.807) is 0 Å². The molecular formula is C22H31N3O2. The van der Waals surface area contributed by atoms with Crippen LogP contribution in [0.25, 0.3) is 11.2 Å². The molecule has 1 aliphatic carbocycles. The van der Waals surface area contributed by atoms with Crippen LogP contribution in [0.2, 0.25) is 0 Å². The number of ether oxygens (including phenoxy) is 1. The maximum absolute atomic E-state index is 12.3. The summed E-state index contributed by atoms with van der Waals surface area (Å²) in [6.07, 6.45) is 11.9. The monoisotopic (exact) mass is 369 g/mol. The Hall–Kier alpha value is -1.75. The molecule has 0 N–H and O–H groups in total. The van der Waals surface area contributed by atoms with Crippen LogP contribution in [0.1, 0.15) is 83.5 Å². The molecule has 0 bridgehead atoms. The van der Waals surface area contributed by atoms with E-state index >= 15 is 0 Å². The smallest absolute Gasteiger partial charge is 0.160 e. The Morgan fingerprint density at radius 1 is 1.30 bits per heavy atom. The number of nitrogens with zero attached hydrogens (tertiary/aromatic N) is 3. The van der Waals surface area contributed by atoms with Crippen LogP contribution < -0.4 is 0 Å². The molecule has 2 aromatic rings. The van der Waals surface area contributed by atoms with Gasteiger partial charge in [-0.05, 0) is 70.9 Å². The number of aromatic nitrogens is 3. The number of imidazole rings is 1. The molecule has 0 amide bonds. The molecule has 5 heteroatoms. The first-order valence-corrected chi connectivity index (χ1v) is 10.5. The van der Waals surface area contributed by atoms with Gasteiger partial charge in [0, 0.05) is 31.5 Å². The lowest BCUT2D eigenvalue weighted by molar-refractivity contribution is -0.122. The summed E-state index contributed by atoms with van der Waals surface area (Å²) < 4.78 is 8.30. The van der Waals surface area contributed by atoms with Crippen LogP contribution in [0, 0.1) is 0 Å². The van der Waals surface area contributed by atoms with E-state index in [9.17, 15) is 4.79 Å². The first-order chi connectivity index (χ1) is 13.0. The second kappa shape index (κ2) is 7.70. The molecule has 0 spiro atoms. The van der Waals surface area contributed by atoms with E-state index < -0.39 is 0 Å². The van der Waals surface area contributed by atoms with E-state index in [-0.39, 0.29) is 11.7 Å². The molecule has 1 saturated carbocycles. The maximum atomic E-state index is 12.3. The van der Waals surface area contributed by atoms with E-state index in [1.165, 1.54) is 19.3 Å². The molecule has 1 aliphatic heterocycles. The first-order valence-electron chi connectivity index (χ1n) is 10.5. The molecule has 27 heavy (non-hydrogen) atoms. The zero-order valence-electron chi connectivity index (χ0n) is 16.6. The van der Waals surface area contributed by atoms with Gasteiger partial charge in [-0.25, -0.2) is 9.97 Å². The second-order valence-electron chi connectivity index (χ2n) is 8.82. The van der Waals surface area contributed by atoms with E-state index in [0.717, 1.165) is 49.1 Å². The van der Waals surface area contributed by atoms with Gasteiger partial charge in [-0.15, -0.1) is 0 Å². The van der Waals surface area contributed by atoms with Crippen molar-refractivity contribution in [2.45, 2.75) is 95.8 Å². The summed E-state index contributed by atoms with van der Waals surface area (Å²) in [5.74, 6) is 1.48. The molecule has 2 aromatic heterocycles. The SMILES string of the molecule is CC1(C)CCC(CC(=O)CCCCc2nc3cccnc3n2C2CCC2)O1. The average Bonchev–Trinajstić information content (AvgIpc) is 3.10. The standard InChI is InChI=1S/C22H31N3O2/c1-22(2)13-12-18(27-22)15-17(26)9-3-4-11-20-24-19-10-6-14-23-21(19)25(20)16-7-5-8-16/h6,10,14,16,18H,3-5,7-9,11-13,15H2,1-2H3. The Morgan fingerprint density at radius 2 is 2.15 bits per heavy atom. The molecule has 0 radical (unpaired) electrons. The lowest BCUT2D eigenvalue weighted by Gasteiger charge is -2.28. The minimum atomic E-state index is -0.0560. The van der Waals surface area contributed by atoms with Gasteiger partial charge < -0.3 is 9.30 Å². The van der Waals surface area contributed by atoms with Crippen molar-refractivity contribution in [3.8, 4) is 0 Å². The molecule has 146 valence electrons. The van der Waals surface area contributed by atoms with Crippen molar-refractivity contribution in [2.24, 2.45) is 0 Å². The van der Waals surface area contributed by atoms with Crippen molar-refractivity contribution in [2.75, 3.05) is 0 Å². The maximum Gasteiger partial charge on any atom is 0.160 e. The fourth-order valence-corrected chi connectivity index (χ4v) is 4.36. The Morgan fingerprint density at radius 3 is 2.85 bits per heavy atom. The van der Waals surface area contributed by atoms with Crippen LogP contribution in [0.5, 0.6) is 0 Å². The first kappa shape index (κ1) is 18.6. The van der Waals surface area contributed by atoms with E-state index in [2.05, 4.69) is 23.4 Å². The molecule has 4 rings (SSSR count). The molecule has 0 aromatic carbocycles. The Bertz CT molecular complexity index is 807. The average molecular weight is 370 g/mol. The molecule has 2 aliphatic rings. The summed E-state index contributed by atoms with van der Waals surface area (Å²) >= 11 is 0. The number of carbonyl (C=O) groups is 1. The Kier molecular flexibility index (Phi) is 5.31. The van der Waals surface area contributed by atoms with Crippen molar-refractivity contribution in [1.29, 1.82) is 0 Å². The van der Waals surface area contributed by atoms with E-state index in [1.807, 2.05) is 18.3 Å². The largest absolute Gasteiger partial charge is 0.372 e. The van der Waals surface area contributed by atoms with Crippen LogP contribution in [-0.2, 0) is 16.0 Å². The highest BCUT2D eigenvalue weighted by molar-refractivity contribution is 5.78. The van der Waals surface area contributed by atoms with Crippen molar-refractivity contribution < 1.29 is 9.53 Å². The Balaban J connectivity index is 1.29. The van der Waals surface area contributed by atoms with E-state index in [4.69, 9.17) is 9.72 Å². The zero-order valence-corrected chi connectivity index (χ0v) is 16.6. The minimum absolute atomic E-state index is 0.0560. The number of rotatable bonds is 8. The van der Waals surface area contributed by atoms with Gasteiger partial charge in [-0.1, -0.05) is 0 Å². The topological polar surface area (TPSA) is 57.0 Å². The highest BCUT2D eigenvalue weighted by Crippen LogP contribution is 2.35. The highest BCUT2D eigenvalue weighted by atomic mass is 16.5. The number of hydrogen-bond acceptors (Lipinski definition) is 4. The summed E-state index contributed by atoms with van der Waals surface area (Å²) in [5.41, 5.74) is 1.96. The van der Waals surface area contributed by atoms with Crippen LogP contribution in [0.15, 0.2) is 18.3 Å². The highest BCUT2D eigenvalue weighted by Gasteiger charge is 2.32. The number of ketones is 1. The molecule has 1 atom stereocenters. The van der Waals surface area contributed by atoms with Crippen LogP contribution >= 0.6 is 0 Å². The van der Waals surface area contributed by atoms with Crippen LogP contribution in [0.3, 0.4) is 0 Å². The van der Waals surface area contributed by atoms with Gasteiger partial charge in [-0.2, -0.15) is 0 Å². The third-order valence-electron chi connectivity index (χ3n) is 6.08. The predicted octanol–water partition coefficient (Wildman–Crippen LogP) is 4.79. The van der Waals surface area contributed by atoms with Gasteiger partial charge in [0.25, 0.3) is 0 Å². The van der Waals surface area contributed by atoms with Gasteiger partial charge in [0.15, 0.2) is 5.65 Å². The lowest BCUT2D eigenvalue weighted by Crippen LogP contribution is -2.21. The summed E-state index contributed by atoms with van der Waals surface area (Å²) in [7, 11) is 0. The third kappa shape index (κ3) is 4.23. The number of unbranched alkanes of at least 4 members (excludes halogenated alkanes) is 1. The van der Waals surface area contributed by atoms with Gasteiger partial charge in [-0.3, -0.25) is 4.79 Å². The lowest BCUT2D eigenvalue weighted by atomic mass is 9.92. The number of fused-ring (bicyclic) bond motifs is 1. The molecular weight excluding hydrogens is 338 g/mol. The molecule has 5 nitrogen and oxygen atoms in total. The zero-order chi connectivity index (χ0) is 18.9. The summed E-state index contributed by atoms with van der Waals surface area (Å²) in [6.45, 7) is 4.22. The number of Topliss-reactive ketones (excluding diaryl/α,β-unsaturated/α-hetero) is 1. The van der Waals surface area contributed by atoms with Crippen molar-refractivity contribution in [3.05, 3.63) is 24.2 Å². The van der Waals surface area contributed by atoms with Crippen LogP contribution in [-0.4, -0.2) is 32.0 Å². The quantitative estimate of drug-likeness (QED) is 0.628. The molecule has 2 fully saturated rings. The molecule has 1 saturated heterocycles. The van der Waals surface area contributed by atoms with Crippen molar-refractivity contribution in [1.82, 2.24) is 14.5 Å². The predicted molar refractivity (Wildman–Crippen MR) is 106 cm³/mol. The number of hydrogen-bond donors (Lipinski definition) is 0. The van der Waals surface area contributed by atoms with Crippen molar-refractivity contribution in [3.63, 3.8) is 0 Å². The normalized spacial score (nSPS) is 22.2. The van der Waals surface area contributed by atoms with Gasteiger partial charge >= 0.3 is 0 Å². The molecule has 1 unspecified atom stereocenters. The summed E-state index contributed by atoms with van der Waals surface area (Å²) in [6, 6.07) is 4.56.